The zero-order valence-corrected chi connectivity index (χ0v) is 10.2. The summed E-state index contributed by atoms with van der Waals surface area (Å²) in [6, 6.07) is 16.3. The molecule has 3 aromatic rings. The fraction of sp³-hybridized carbons (Fsp3) is 0.133. The topological polar surface area (TPSA) is 37.9 Å². The SMILES string of the molecule is COc1ccc2n[nH]c(Cc3ccccc3)c2c1. The number of benzene rings is 2. The molecule has 0 unspecified atom stereocenters. The zero-order chi connectivity index (χ0) is 12.4. The van der Waals surface area contributed by atoms with Crippen molar-refractivity contribution >= 4 is 10.9 Å². The van der Waals surface area contributed by atoms with Crippen LogP contribution in [0.4, 0.5) is 0 Å². The van der Waals surface area contributed by atoms with Gasteiger partial charge < -0.3 is 4.74 Å². The van der Waals surface area contributed by atoms with Gasteiger partial charge in [-0.15, -0.1) is 0 Å². The van der Waals surface area contributed by atoms with Gasteiger partial charge in [-0.1, -0.05) is 30.3 Å². The highest BCUT2D eigenvalue weighted by Gasteiger charge is 2.07. The normalized spacial score (nSPS) is 10.7. The van der Waals surface area contributed by atoms with Gasteiger partial charge in [-0.3, -0.25) is 5.10 Å². The average Bonchev–Trinajstić information content (AvgIpc) is 2.82. The second-order valence-electron chi connectivity index (χ2n) is 4.25. The predicted octanol–water partition coefficient (Wildman–Crippen LogP) is 3.16. The number of nitrogens with one attached hydrogen (secondary N) is 1. The first-order valence-corrected chi connectivity index (χ1v) is 5.92. The Labute approximate surface area is 105 Å². The molecule has 0 spiro atoms. The zero-order valence-electron chi connectivity index (χ0n) is 10.2. The maximum Gasteiger partial charge on any atom is 0.119 e. The predicted molar refractivity (Wildman–Crippen MR) is 71.9 cm³/mol. The Bertz CT molecular complexity index is 659. The van der Waals surface area contributed by atoms with E-state index in [1.54, 1.807) is 7.11 Å². The molecule has 3 heteroatoms. The molecule has 2 aromatic carbocycles. The van der Waals surface area contributed by atoms with Crippen molar-refractivity contribution in [3.8, 4) is 5.75 Å². The standard InChI is InChI=1S/C15H14N2O/c1-18-12-7-8-14-13(10-12)15(17-16-14)9-11-5-3-2-4-6-11/h2-8,10H,9H2,1H3,(H,16,17). The number of aromatic amines is 1. The third kappa shape index (κ3) is 1.95. The summed E-state index contributed by atoms with van der Waals surface area (Å²) in [6.45, 7) is 0. The fourth-order valence-electron chi connectivity index (χ4n) is 2.10. The minimum absolute atomic E-state index is 0.852. The molecule has 0 saturated carbocycles. The van der Waals surface area contributed by atoms with Gasteiger partial charge in [0.2, 0.25) is 0 Å². The molecular formula is C15H14N2O. The number of methoxy groups -OCH3 is 1. The van der Waals surface area contributed by atoms with Crippen molar-refractivity contribution in [1.82, 2.24) is 10.2 Å². The number of fused-ring (bicyclic) bond motifs is 1. The molecule has 0 saturated heterocycles. The quantitative estimate of drug-likeness (QED) is 0.761. The second-order valence-corrected chi connectivity index (χ2v) is 4.25. The van der Waals surface area contributed by atoms with E-state index in [1.165, 1.54) is 5.56 Å². The number of rotatable bonds is 3. The summed E-state index contributed by atoms with van der Waals surface area (Å²) in [7, 11) is 1.68. The van der Waals surface area contributed by atoms with Crippen LogP contribution in [0.5, 0.6) is 5.75 Å². The van der Waals surface area contributed by atoms with Crippen molar-refractivity contribution in [1.29, 1.82) is 0 Å². The van der Waals surface area contributed by atoms with Gasteiger partial charge in [0.15, 0.2) is 0 Å². The van der Waals surface area contributed by atoms with Gasteiger partial charge in [0, 0.05) is 17.5 Å². The molecule has 0 amide bonds. The molecule has 0 fully saturated rings. The Kier molecular flexibility index (Phi) is 2.73. The largest absolute Gasteiger partial charge is 0.497 e. The molecule has 1 heterocycles. The number of ether oxygens (including phenoxy) is 1. The van der Waals surface area contributed by atoms with Crippen molar-refractivity contribution in [3.05, 3.63) is 59.8 Å². The van der Waals surface area contributed by atoms with Crippen molar-refractivity contribution in [3.63, 3.8) is 0 Å². The summed E-state index contributed by atoms with van der Waals surface area (Å²) in [5.41, 5.74) is 3.36. The third-order valence-electron chi connectivity index (χ3n) is 3.06. The van der Waals surface area contributed by atoms with E-state index in [9.17, 15) is 0 Å². The lowest BCUT2D eigenvalue weighted by Crippen LogP contribution is -1.89. The summed E-state index contributed by atoms with van der Waals surface area (Å²) >= 11 is 0. The molecule has 3 nitrogen and oxygen atoms in total. The van der Waals surface area contributed by atoms with Crippen LogP contribution in [0.2, 0.25) is 0 Å². The lowest BCUT2D eigenvalue weighted by molar-refractivity contribution is 0.415. The molecule has 3 rings (SSSR count). The Hall–Kier alpha value is -2.29. The molecule has 0 radical (unpaired) electrons. The summed E-state index contributed by atoms with van der Waals surface area (Å²) in [4.78, 5) is 0. The van der Waals surface area contributed by atoms with Crippen molar-refractivity contribution in [2.45, 2.75) is 6.42 Å². The monoisotopic (exact) mass is 238 g/mol. The molecule has 1 aromatic heterocycles. The lowest BCUT2D eigenvalue weighted by atomic mass is 10.1. The number of hydrogen-bond donors (Lipinski definition) is 1. The van der Waals surface area contributed by atoms with Crippen molar-refractivity contribution in [2.75, 3.05) is 7.11 Å². The van der Waals surface area contributed by atoms with E-state index in [4.69, 9.17) is 4.74 Å². The van der Waals surface area contributed by atoms with E-state index < -0.39 is 0 Å². The van der Waals surface area contributed by atoms with Gasteiger partial charge in [0.05, 0.1) is 12.6 Å². The first-order valence-electron chi connectivity index (χ1n) is 5.92. The molecule has 0 aliphatic carbocycles. The highest BCUT2D eigenvalue weighted by atomic mass is 16.5. The number of aromatic nitrogens is 2. The lowest BCUT2D eigenvalue weighted by Gasteiger charge is -2.01. The summed E-state index contributed by atoms with van der Waals surface area (Å²) in [5, 5.41) is 8.54. The van der Waals surface area contributed by atoms with Gasteiger partial charge in [-0.05, 0) is 23.8 Å². The average molecular weight is 238 g/mol. The second kappa shape index (κ2) is 4.53. The maximum atomic E-state index is 5.26. The van der Waals surface area contributed by atoms with Crippen LogP contribution < -0.4 is 4.74 Å². The first kappa shape index (κ1) is 10.8. The van der Waals surface area contributed by atoms with E-state index in [-0.39, 0.29) is 0 Å². The Morgan fingerprint density at radius 2 is 1.94 bits per heavy atom. The maximum absolute atomic E-state index is 5.26. The fourth-order valence-corrected chi connectivity index (χ4v) is 2.10. The Morgan fingerprint density at radius 1 is 1.11 bits per heavy atom. The van der Waals surface area contributed by atoms with Crippen LogP contribution in [0.25, 0.3) is 10.9 Å². The molecule has 0 aliphatic rings. The highest BCUT2D eigenvalue weighted by Crippen LogP contribution is 2.23. The van der Waals surface area contributed by atoms with E-state index in [1.807, 2.05) is 24.3 Å². The number of nitrogens with zero attached hydrogens (tertiary/aromatic N) is 1. The van der Waals surface area contributed by atoms with Crippen LogP contribution in [-0.2, 0) is 6.42 Å². The van der Waals surface area contributed by atoms with Crippen LogP contribution in [0.15, 0.2) is 48.5 Å². The van der Waals surface area contributed by atoms with E-state index in [2.05, 4.69) is 34.5 Å². The van der Waals surface area contributed by atoms with Gasteiger partial charge in [0.25, 0.3) is 0 Å². The van der Waals surface area contributed by atoms with Crippen LogP contribution in [0.3, 0.4) is 0 Å². The van der Waals surface area contributed by atoms with E-state index in [0.29, 0.717) is 0 Å². The van der Waals surface area contributed by atoms with Crippen LogP contribution in [0, 0.1) is 0 Å². The smallest absolute Gasteiger partial charge is 0.119 e. The minimum atomic E-state index is 0.852. The molecule has 1 N–H and O–H groups in total. The molecule has 18 heavy (non-hydrogen) atoms. The summed E-state index contributed by atoms with van der Waals surface area (Å²) < 4.78 is 5.26. The Morgan fingerprint density at radius 3 is 2.72 bits per heavy atom. The van der Waals surface area contributed by atoms with Crippen molar-refractivity contribution in [2.24, 2.45) is 0 Å². The highest BCUT2D eigenvalue weighted by molar-refractivity contribution is 5.83. The van der Waals surface area contributed by atoms with Gasteiger partial charge in [0.1, 0.15) is 5.75 Å². The van der Waals surface area contributed by atoms with E-state index in [0.717, 1.165) is 28.8 Å². The van der Waals surface area contributed by atoms with Gasteiger partial charge >= 0.3 is 0 Å². The minimum Gasteiger partial charge on any atom is -0.497 e. The van der Waals surface area contributed by atoms with Crippen molar-refractivity contribution < 1.29 is 4.74 Å². The molecule has 90 valence electrons. The molecular weight excluding hydrogens is 224 g/mol. The van der Waals surface area contributed by atoms with Crippen LogP contribution in [-0.4, -0.2) is 17.3 Å². The van der Waals surface area contributed by atoms with Crippen LogP contribution in [0.1, 0.15) is 11.3 Å². The molecule has 0 atom stereocenters. The molecule has 0 bridgehead atoms. The molecule has 0 aliphatic heterocycles. The third-order valence-corrected chi connectivity index (χ3v) is 3.06. The van der Waals surface area contributed by atoms with E-state index >= 15 is 0 Å². The first-order chi connectivity index (χ1) is 8.86. The van der Waals surface area contributed by atoms with Crippen LogP contribution >= 0.6 is 0 Å². The Balaban J connectivity index is 2.01. The summed E-state index contributed by atoms with van der Waals surface area (Å²) in [6.07, 6.45) is 0.852. The number of hydrogen-bond acceptors (Lipinski definition) is 2. The van der Waals surface area contributed by atoms with Gasteiger partial charge in [-0.2, -0.15) is 5.10 Å². The van der Waals surface area contributed by atoms with Gasteiger partial charge in [-0.25, -0.2) is 0 Å². The summed E-state index contributed by atoms with van der Waals surface area (Å²) in [5.74, 6) is 0.859. The number of H-pyrrole nitrogens is 1.